The van der Waals surface area contributed by atoms with E-state index in [0.29, 0.717) is 12.6 Å². The van der Waals surface area contributed by atoms with E-state index < -0.39 is 0 Å². The zero-order chi connectivity index (χ0) is 16.8. The smallest absolute Gasteiger partial charge is 0.224 e. The van der Waals surface area contributed by atoms with Gasteiger partial charge in [-0.25, -0.2) is 0 Å². The van der Waals surface area contributed by atoms with E-state index in [0.717, 1.165) is 31.8 Å². The molecule has 7 heteroatoms. The van der Waals surface area contributed by atoms with Crippen LogP contribution >= 0.6 is 24.8 Å². The van der Waals surface area contributed by atoms with Crippen molar-refractivity contribution in [3.8, 4) is 0 Å². The molecule has 1 heterocycles. The number of halogens is 2. The Morgan fingerprint density at radius 2 is 2.04 bits per heavy atom. The van der Waals surface area contributed by atoms with E-state index in [-0.39, 0.29) is 42.7 Å². The number of morpholine rings is 1. The first-order valence-electron chi connectivity index (χ1n) is 8.40. The second kappa shape index (κ2) is 11.7. The molecule has 0 aromatic heterocycles. The molecule has 0 spiro atoms. The normalized spacial score (nSPS) is 19.9. The summed E-state index contributed by atoms with van der Waals surface area (Å²) >= 11 is 0. The van der Waals surface area contributed by atoms with Gasteiger partial charge in [-0.2, -0.15) is 0 Å². The van der Waals surface area contributed by atoms with E-state index in [1.807, 2.05) is 19.9 Å². The monoisotopic (exact) mass is 391 g/mol. The maximum atomic E-state index is 12.0. The first-order valence-corrected chi connectivity index (χ1v) is 8.40. The van der Waals surface area contributed by atoms with Crippen LogP contribution in [-0.2, 0) is 22.6 Å². The van der Waals surface area contributed by atoms with E-state index in [1.54, 1.807) is 0 Å². The summed E-state index contributed by atoms with van der Waals surface area (Å²) in [5.41, 5.74) is 8.16. The van der Waals surface area contributed by atoms with Gasteiger partial charge in [0, 0.05) is 38.1 Å². The number of nitrogens with zero attached hydrogens (tertiary/aromatic N) is 1. The molecule has 25 heavy (non-hydrogen) atoms. The van der Waals surface area contributed by atoms with Crippen LogP contribution < -0.4 is 11.1 Å². The van der Waals surface area contributed by atoms with Crippen LogP contribution in [0.1, 0.15) is 31.9 Å². The molecule has 0 radical (unpaired) electrons. The lowest BCUT2D eigenvalue weighted by Crippen LogP contribution is -2.40. The van der Waals surface area contributed by atoms with E-state index in [4.69, 9.17) is 10.5 Å². The van der Waals surface area contributed by atoms with E-state index in [1.165, 1.54) is 5.56 Å². The minimum Gasteiger partial charge on any atom is -0.376 e. The molecule has 1 aliphatic heterocycles. The summed E-state index contributed by atoms with van der Waals surface area (Å²) in [5, 5.41) is 2.97. The highest BCUT2D eigenvalue weighted by Gasteiger charge is 2.18. The summed E-state index contributed by atoms with van der Waals surface area (Å²) in [6.45, 7) is 10.0. The number of ether oxygens (including phenoxy) is 1. The van der Waals surface area contributed by atoms with Crippen molar-refractivity contribution < 1.29 is 9.53 Å². The molecule has 0 bridgehead atoms. The Kier molecular flexibility index (Phi) is 11.3. The first kappa shape index (κ1) is 24.1. The van der Waals surface area contributed by atoms with Gasteiger partial charge in [0.15, 0.2) is 0 Å². The van der Waals surface area contributed by atoms with Gasteiger partial charge < -0.3 is 15.8 Å². The first-order chi connectivity index (χ1) is 11.0. The van der Waals surface area contributed by atoms with Gasteiger partial charge in [0.1, 0.15) is 0 Å². The van der Waals surface area contributed by atoms with Crippen molar-refractivity contribution in [1.82, 2.24) is 10.2 Å². The standard InChI is InChI=1S/C18H29N3O2.2ClH/c1-13-11-21(7-8-23-13)12-17-6-4-5-16(9-17)10-20-18(22)14(2)15(3)19;;/h4-6,9,13-15H,7-8,10-12,19H2,1-3H3,(H,20,22);2*1H. The van der Waals surface area contributed by atoms with Crippen molar-refractivity contribution in [1.29, 1.82) is 0 Å². The molecule has 3 N–H and O–H groups in total. The number of amides is 1. The quantitative estimate of drug-likeness (QED) is 0.780. The van der Waals surface area contributed by atoms with Gasteiger partial charge in [0.2, 0.25) is 5.91 Å². The Bertz CT molecular complexity index is 529. The molecule has 144 valence electrons. The number of rotatable bonds is 6. The van der Waals surface area contributed by atoms with E-state index >= 15 is 0 Å². The van der Waals surface area contributed by atoms with Gasteiger partial charge in [0.25, 0.3) is 0 Å². The predicted octanol–water partition coefficient (Wildman–Crippen LogP) is 2.35. The van der Waals surface area contributed by atoms with Crippen molar-refractivity contribution in [2.45, 2.75) is 46.0 Å². The average molecular weight is 392 g/mol. The number of nitrogens with two attached hydrogens (primary N) is 1. The lowest BCUT2D eigenvalue weighted by Gasteiger charge is -2.31. The number of benzene rings is 1. The zero-order valence-corrected chi connectivity index (χ0v) is 16.9. The molecule has 0 saturated carbocycles. The second-order valence-corrected chi connectivity index (χ2v) is 6.60. The molecule has 1 saturated heterocycles. The van der Waals surface area contributed by atoms with Crippen LogP contribution in [0, 0.1) is 5.92 Å². The highest BCUT2D eigenvalue weighted by molar-refractivity contribution is 5.85. The maximum Gasteiger partial charge on any atom is 0.224 e. The maximum absolute atomic E-state index is 12.0. The highest BCUT2D eigenvalue weighted by atomic mass is 35.5. The minimum absolute atomic E-state index is 0. The van der Waals surface area contributed by atoms with Crippen LogP contribution in [-0.4, -0.2) is 42.6 Å². The molecule has 1 aromatic rings. The number of carbonyl (C=O) groups is 1. The third kappa shape index (κ3) is 7.92. The number of hydrogen-bond donors (Lipinski definition) is 2. The minimum atomic E-state index is -0.173. The molecule has 3 unspecified atom stereocenters. The van der Waals surface area contributed by atoms with Crippen molar-refractivity contribution in [3.63, 3.8) is 0 Å². The van der Waals surface area contributed by atoms with Gasteiger partial charge in [-0.3, -0.25) is 9.69 Å². The van der Waals surface area contributed by atoms with Gasteiger partial charge in [-0.05, 0) is 25.0 Å². The number of hydrogen-bond acceptors (Lipinski definition) is 4. The molecule has 5 nitrogen and oxygen atoms in total. The largest absolute Gasteiger partial charge is 0.376 e. The summed E-state index contributed by atoms with van der Waals surface area (Å²) in [4.78, 5) is 14.4. The predicted molar refractivity (Wildman–Crippen MR) is 106 cm³/mol. The van der Waals surface area contributed by atoms with Crippen molar-refractivity contribution in [2.75, 3.05) is 19.7 Å². The fourth-order valence-electron chi connectivity index (χ4n) is 2.72. The summed E-state index contributed by atoms with van der Waals surface area (Å²) in [5.74, 6) is -0.166. The van der Waals surface area contributed by atoms with Crippen molar-refractivity contribution >= 4 is 30.7 Å². The fourth-order valence-corrected chi connectivity index (χ4v) is 2.72. The molecule has 2 rings (SSSR count). The lowest BCUT2D eigenvalue weighted by molar-refractivity contribution is -0.125. The Hall–Kier alpha value is -0.850. The fraction of sp³-hybridized carbons (Fsp3) is 0.611. The molecule has 1 amide bonds. The van der Waals surface area contributed by atoms with Crippen LogP contribution in [0.3, 0.4) is 0 Å². The molecule has 1 aliphatic rings. The molecule has 3 atom stereocenters. The summed E-state index contributed by atoms with van der Waals surface area (Å²) < 4.78 is 5.58. The van der Waals surface area contributed by atoms with Crippen LogP contribution in [0.4, 0.5) is 0 Å². The topological polar surface area (TPSA) is 67.6 Å². The third-order valence-electron chi connectivity index (χ3n) is 4.39. The number of carbonyl (C=O) groups excluding carboxylic acids is 1. The van der Waals surface area contributed by atoms with E-state index in [9.17, 15) is 4.79 Å². The summed E-state index contributed by atoms with van der Waals surface area (Å²) in [6.07, 6.45) is 0.297. The third-order valence-corrected chi connectivity index (χ3v) is 4.39. The van der Waals surface area contributed by atoms with Crippen LogP contribution in [0.5, 0.6) is 0 Å². The highest BCUT2D eigenvalue weighted by Crippen LogP contribution is 2.12. The van der Waals surface area contributed by atoms with Crippen LogP contribution in [0.2, 0.25) is 0 Å². The second-order valence-electron chi connectivity index (χ2n) is 6.60. The Labute approximate surface area is 163 Å². The van der Waals surface area contributed by atoms with Gasteiger partial charge in [-0.15, -0.1) is 24.8 Å². The molecule has 1 fully saturated rings. The summed E-state index contributed by atoms with van der Waals surface area (Å²) in [6, 6.07) is 8.26. The van der Waals surface area contributed by atoms with Gasteiger partial charge in [-0.1, -0.05) is 31.2 Å². The van der Waals surface area contributed by atoms with E-state index in [2.05, 4.69) is 35.3 Å². The van der Waals surface area contributed by atoms with Crippen molar-refractivity contribution in [3.05, 3.63) is 35.4 Å². The molecule has 1 aromatic carbocycles. The Balaban J connectivity index is 0.00000288. The summed E-state index contributed by atoms with van der Waals surface area (Å²) in [7, 11) is 0. The molecular weight excluding hydrogens is 361 g/mol. The zero-order valence-electron chi connectivity index (χ0n) is 15.2. The Morgan fingerprint density at radius 1 is 1.36 bits per heavy atom. The molecular formula is C18H31Cl2N3O2. The van der Waals surface area contributed by atoms with Gasteiger partial charge in [0.05, 0.1) is 12.7 Å². The number of nitrogens with one attached hydrogen (secondary N) is 1. The average Bonchev–Trinajstić information content (AvgIpc) is 2.52. The Morgan fingerprint density at radius 3 is 2.68 bits per heavy atom. The molecule has 0 aliphatic carbocycles. The van der Waals surface area contributed by atoms with Crippen molar-refractivity contribution in [2.24, 2.45) is 11.7 Å². The van der Waals surface area contributed by atoms with Crippen LogP contribution in [0.15, 0.2) is 24.3 Å². The lowest BCUT2D eigenvalue weighted by atomic mass is 10.0. The van der Waals surface area contributed by atoms with Crippen LogP contribution in [0.25, 0.3) is 0 Å². The SMILES string of the molecule is CC1CN(Cc2cccc(CNC(=O)C(C)C(C)N)c2)CCO1.Cl.Cl. The van der Waals surface area contributed by atoms with Gasteiger partial charge >= 0.3 is 0 Å².